The molecule has 2 aromatic carbocycles. The van der Waals surface area contributed by atoms with Crippen LogP contribution in [0.3, 0.4) is 0 Å². The van der Waals surface area contributed by atoms with E-state index >= 15 is 0 Å². The molecule has 0 bridgehead atoms. The molecule has 1 aromatic heterocycles. The molecule has 0 radical (unpaired) electrons. The molecule has 0 aliphatic rings. The Morgan fingerprint density at radius 1 is 1.06 bits per heavy atom. The van der Waals surface area contributed by atoms with E-state index in [-0.39, 0.29) is 0 Å². The Hall–Kier alpha value is -1.96. The SMILES string of the molecule is COc1cc(C)cc2c3ccccc3n(C)c12. The predicted octanol–water partition coefficient (Wildman–Crippen LogP) is 3.65. The van der Waals surface area contributed by atoms with Crippen molar-refractivity contribution in [3.8, 4) is 5.75 Å². The van der Waals surface area contributed by atoms with Crippen molar-refractivity contribution < 1.29 is 4.74 Å². The van der Waals surface area contributed by atoms with Crippen molar-refractivity contribution >= 4 is 21.8 Å². The van der Waals surface area contributed by atoms with Crippen LogP contribution < -0.4 is 4.74 Å². The number of benzene rings is 2. The molecule has 3 aromatic rings. The van der Waals surface area contributed by atoms with Gasteiger partial charge in [0.25, 0.3) is 0 Å². The third-order valence-corrected chi connectivity index (χ3v) is 3.33. The molecule has 0 atom stereocenters. The minimum absolute atomic E-state index is 0.943. The van der Waals surface area contributed by atoms with Crippen LogP contribution in [0.25, 0.3) is 21.8 Å². The van der Waals surface area contributed by atoms with Crippen LogP contribution in [-0.2, 0) is 7.05 Å². The third kappa shape index (κ3) is 1.34. The molecule has 0 unspecified atom stereocenters. The van der Waals surface area contributed by atoms with Crippen molar-refractivity contribution in [3.05, 3.63) is 42.0 Å². The highest BCUT2D eigenvalue weighted by Gasteiger charge is 2.12. The molecule has 86 valence electrons. The molecule has 2 heteroatoms. The zero-order valence-electron chi connectivity index (χ0n) is 10.3. The number of para-hydroxylation sites is 1. The summed E-state index contributed by atoms with van der Waals surface area (Å²) in [4.78, 5) is 0. The molecule has 0 aliphatic carbocycles. The lowest BCUT2D eigenvalue weighted by Crippen LogP contribution is -1.91. The molecule has 0 amide bonds. The Morgan fingerprint density at radius 2 is 1.82 bits per heavy atom. The van der Waals surface area contributed by atoms with Crippen LogP contribution in [0.1, 0.15) is 5.56 Å². The van der Waals surface area contributed by atoms with E-state index in [9.17, 15) is 0 Å². The first-order valence-corrected chi connectivity index (χ1v) is 5.74. The Balaban J connectivity index is 2.61. The van der Waals surface area contributed by atoms with Gasteiger partial charge in [-0.25, -0.2) is 0 Å². The standard InChI is InChI=1S/C15H15NO/c1-10-8-12-11-6-4-5-7-13(11)16(2)15(12)14(9-10)17-3/h4-9H,1-3H3. The van der Waals surface area contributed by atoms with Crippen LogP contribution in [0.5, 0.6) is 5.75 Å². The summed E-state index contributed by atoms with van der Waals surface area (Å²) in [5.74, 6) is 0.943. The van der Waals surface area contributed by atoms with Crippen molar-refractivity contribution in [2.45, 2.75) is 6.92 Å². The first-order valence-electron chi connectivity index (χ1n) is 5.74. The number of aromatic nitrogens is 1. The summed E-state index contributed by atoms with van der Waals surface area (Å²) in [5.41, 5.74) is 3.64. The first-order chi connectivity index (χ1) is 8.22. The highest BCUT2D eigenvalue weighted by Crippen LogP contribution is 2.34. The molecule has 0 saturated heterocycles. The lowest BCUT2D eigenvalue weighted by molar-refractivity contribution is 0.418. The minimum Gasteiger partial charge on any atom is -0.495 e. The van der Waals surface area contributed by atoms with E-state index in [0.717, 1.165) is 5.75 Å². The number of rotatable bonds is 1. The zero-order chi connectivity index (χ0) is 12.0. The van der Waals surface area contributed by atoms with Gasteiger partial charge >= 0.3 is 0 Å². The van der Waals surface area contributed by atoms with Gasteiger partial charge in [0.15, 0.2) is 0 Å². The zero-order valence-corrected chi connectivity index (χ0v) is 10.3. The van der Waals surface area contributed by atoms with Crippen LogP contribution in [-0.4, -0.2) is 11.7 Å². The number of methoxy groups -OCH3 is 1. The van der Waals surface area contributed by atoms with Gasteiger partial charge in [0, 0.05) is 23.3 Å². The summed E-state index contributed by atoms with van der Waals surface area (Å²) < 4.78 is 7.70. The van der Waals surface area contributed by atoms with E-state index in [2.05, 4.69) is 54.9 Å². The van der Waals surface area contributed by atoms with Crippen LogP contribution in [0, 0.1) is 6.92 Å². The van der Waals surface area contributed by atoms with Gasteiger partial charge in [-0.15, -0.1) is 0 Å². The van der Waals surface area contributed by atoms with Crippen LogP contribution in [0.2, 0.25) is 0 Å². The maximum atomic E-state index is 5.50. The monoisotopic (exact) mass is 225 g/mol. The lowest BCUT2D eigenvalue weighted by Gasteiger charge is -2.06. The van der Waals surface area contributed by atoms with Crippen LogP contribution >= 0.6 is 0 Å². The number of nitrogens with zero attached hydrogens (tertiary/aromatic N) is 1. The number of hydrogen-bond donors (Lipinski definition) is 0. The van der Waals surface area contributed by atoms with Gasteiger partial charge in [-0.3, -0.25) is 0 Å². The molecule has 0 aliphatic heterocycles. The first kappa shape index (κ1) is 10.2. The van der Waals surface area contributed by atoms with E-state index in [4.69, 9.17) is 4.74 Å². The largest absolute Gasteiger partial charge is 0.495 e. The minimum atomic E-state index is 0.943. The Kier molecular flexibility index (Phi) is 2.11. The molecule has 2 nitrogen and oxygen atoms in total. The van der Waals surface area contributed by atoms with Gasteiger partial charge in [0.2, 0.25) is 0 Å². The fourth-order valence-electron chi connectivity index (χ4n) is 2.57. The van der Waals surface area contributed by atoms with Gasteiger partial charge < -0.3 is 9.30 Å². The summed E-state index contributed by atoms with van der Waals surface area (Å²) in [6, 6.07) is 12.8. The van der Waals surface area contributed by atoms with E-state index < -0.39 is 0 Å². The summed E-state index contributed by atoms with van der Waals surface area (Å²) in [6.07, 6.45) is 0. The van der Waals surface area contributed by atoms with E-state index in [1.807, 2.05) is 0 Å². The van der Waals surface area contributed by atoms with Crippen molar-refractivity contribution in [1.29, 1.82) is 0 Å². The molecular formula is C15H15NO. The molecule has 0 saturated carbocycles. The highest BCUT2D eigenvalue weighted by atomic mass is 16.5. The van der Waals surface area contributed by atoms with E-state index in [1.165, 1.54) is 27.4 Å². The lowest BCUT2D eigenvalue weighted by atomic mass is 10.1. The summed E-state index contributed by atoms with van der Waals surface area (Å²) >= 11 is 0. The van der Waals surface area contributed by atoms with Gasteiger partial charge in [-0.05, 0) is 30.7 Å². The van der Waals surface area contributed by atoms with Gasteiger partial charge in [0.1, 0.15) is 5.75 Å². The Bertz CT molecular complexity index is 710. The number of aryl methyl sites for hydroxylation is 2. The second-order valence-electron chi connectivity index (χ2n) is 4.44. The summed E-state index contributed by atoms with van der Waals surface area (Å²) in [7, 11) is 3.81. The second-order valence-corrected chi connectivity index (χ2v) is 4.44. The van der Waals surface area contributed by atoms with Crippen LogP contribution in [0.15, 0.2) is 36.4 Å². The van der Waals surface area contributed by atoms with E-state index in [0.29, 0.717) is 0 Å². The molecule has 1 heterocycles. The topological polar surface area (TPSA) is 14.2 Å². The predicted molar refractivity (Wildman–Crippen MR) is 71.7 cm³/mol. The fraction of sp³-hybridized carbons (Fsp3) is 0.200. The van der Waals surface area contributed by atoms with Crippen molar-refractivity contribution in [2.75, 3.05) is 7.11 Å². The van der Waals surface area contributed by atoms with Crippen molar-refractivity contribution in [2.24, 2.45) is 7.05 Å². The van der Waals surface area contributed by atoms with Gasteiger partial charge in [0.05, 0.1) is 12.6 Å². The molecule has 0 spiro atoms. The fourth-order valence-corrected chi connectivity index (χ4v) is 2.57. The Labute approximate surface area is 100 Å². The second kappa shape index (κ2) is 3.52. The number of hydrogen-bond acceptors (Lipinski definition) is 1. The normalized spacial score (nSPS) is 11.2. The third-order valence-electron chi connectivity index (χ3n) is 3.33. The number of ether oxygens (including phenoxy) is 1. The molecule has 0 N–H and O–H groups in total. The molecule has 3 rings (SSSR count). The maximum Gasteiger partial charge on any atom is 0.143 e. The summed E-state index contributed by atoms with van der Waals surface area (Å²) in [5, 5.41) is 2.55. The average Bonchev–Trinajstić information content (AvgIpc) is 2.63. The molecular weight excluding hydrogens is 210 g/mol. The van der Waals surface area contributed by atoms with Gasteiger partial charge in [-0.1, -0.05) is 18.2 Å². The summed E-state index contributed by atoms with van der Waals surface area (Å²) in [6.45, 7) is 2.10. The number of fused-ring (bicyclic) bond motifs is 3. The average molecular weight is 225 g/mol. The highest BCUT2D eigenvalue weighted by molar-refractivity contribution is 6.10. The van der Waals surface area contributed by atoms with E-state index in [1.54, 1.807) is 7.11 Å². The smallest absolute Gasteiger partial charge is 0.143 e. The Morgan fingerprint density at radius 3 is 2.59 bits per heavy atom. The maximum absolute atomic E-state index is 5.50. The van der Waals surface area contributed by atoms with Crippen LogP contribution in [0.4, 0.5) is 0 Å². The van der Waals surface area contributed by atoms with Crippen molar-refractivity contribution in [1.82, 2.24) is 4.57 Å². The molecule has 17 heavy (non-hydrogen) atoms. The van der Waals surface area contributed by atoms with Gasteiger partial charge in [-0.2, -0.15) is 0 Å². The quantitative estimate of drug-likeness (QED) is 0.616. The van der Waals surface area contributed by atoms with Crippen molar-refractivity contribution in [3.63, 3.8) is 0 Å². The molecule has 0 fully saturated rings.